The molecule has 0 fully saturated rings. The second-order valence-corrected chi connectivity index (χ2v) is 3.30. The van der Waals surface area contributed by atoms with Gasteiger partial charge in [0.15, 0.2) is 0 Å². The quantitative estimate of drug-likeness (QED) is 0.646. The molecular weight excluding hydrogens is 228 g/mol. The van der Waals surface area contributed by atoms with Crippen molar-refractivity contribution in [2.75, 3.05) is 13.0 Å². The first kappa shape index (κ1) is 12.4. The van der Waals surface area contributed by atoms with Gasteiger partial charge in [0.1, 0.15) is 5.75 Å². The molecule has 0 aliphatic heterocycles. The zero-order chi connectivity index (χ0) is 12.0. The van der Waals surface area contributed by atoms with Crippen molar-refractivity contribution in [3.63, 3.8) is 0 Å². The number of hydrogen-bond acceptors (Lipinski definition) is 2. The number of aliphatic carboxylic acids is 1. The van der Waals surface area contributed by atoms with Crippen LogP contribution >= 0.6 is 11.6 Å². The van der Waals surface area contributed by atoms with Gasteiger partial charge in [0.25, 0.3) is 0 Å². The number of halogens is 1. The summed E-state index contributed by atoms with van der Waals surface area (Å²) in [5, 5.41) is 8.74. The summed E-state index contributed by atoms with van der Waals surface area (Å²) in [7, 11) is 1.50. The highest BCUT2D eigenvalue weighted by molar-refractivity contribution is 6.19. The van der Waals surface area contributed by atoms with Crippen LogP contribution in [-0.2, 0) is 11.2 Å². The van der Waals surface area contributed by atoms with Gasteiger partial charge >= 0.3 is 5.97 Å². The SMILES string of the molecule is COc1ccc(C#CCCl)cc1CC(=O)O. The second-order valence-electron chi connectivity index (χ2n) is 3.03. The third-order valence-electron chi connectivity index (χ3n) is 1.92. The maximum Gasteiger partial charge on any atom is 0.307 e. The molecule has 0 amide bonds. The zero-order valence-corrected chi connectivity index (χ0v) is 9.54. The van der Waals surface area contributed by atoms with Crippen molar-refractivity contribution in [1.29, 1.82) is 0 Å². The van der Waals surface area contributed by atoms with Crippen molar-refractivity contribution in [2.45, 2.75) is 6.42 Å². The van der Waals surface area contributed by atoms with Gasteiger partial charge in [0, 0.05) is 11.1 Å². The normalized spacial score (nSPS) is 9.12. The van der Waals surface area contributed by atoms with E-state index in [-0.39, 0.29) is 12.3 Å². The number of hydrogen-bond donors (Lipinski definition) is 1. The molecule has 0 atom stereocenters. The van der Waals surface area contributed by atoms with Crippen molar-refractivity contribution in [2.24, 2.45) is 0 Å². The van der Waals surface area contributed by atoms with Gasteiger partial charge in [-0.3, -0.25) is 4.79 Å². The van der Waals surface area contributed by atoms with Crippen molar-refractivity contribution in [3.05, 3.63) is 29.3 Å². The predicted molar refractivity (Wildman–Crippen MR) is 61.9 cm³/mol. The molecule has 1 aromatic rings. The summed E-state index contributed by atoms with van der Waals surface area (Å²) in [5.41, 5.74) is 1.34. The number of alkyl halides is 1. The van der Waals surface area contributed by atoms with Crippen LogP contribution in [0, 0.1) is 11.8 Å². The van der Waals surface area contributed by atoms with E-state index in [9.17, 15) is 4.79 Å². The summed E-state index contributed by atoms with van der Waals surface area (Å²) in [6, 6.07) is 5.17. The van der Waals surface area contributed by atoms with E-state index in [2.05, 4.69) is 11.8 Å². The van der Waals surface area contributed by atoms with Gasteiger partial charge in [0.05, 0.1) is 19.4 Å². The fourth-order valence-corrected chi connectivity index (χ4v) is 1.36. The molecule has 1 N–H and O–H groups in total. The Bertz CT molecular complexity index is 443. The Morgan fingerprint density at radius 2 is 2.31 bits per heavy atom. The molecule has 0 aromatic heterocycles. The molecule has 0 radical (unpaired) electrons. The summed E-state index contributed by atoms with van der Waals surface area (Å²) in [6.07, 6.45) is -0.0838. The van der Waals surface area contributed by atoms with Crippen molar-refractivity contribution in [3.8, 4) is 17.6 Å². The van der Waals surface area contributed by atoms with E-state index in [0.29, 0.717) is 11.3 Å². The monoisotopic (exact) mass is 238 g/mol. The molecule has 16 heavy (non-hydrogen) atoms. The first-order valence-corrected chi connectivity index (χ1v) is 5.14. The Balaban J connectivity index is 3.05. The largest absolute Gasteiger partial charge is 0.496 e. The fraction of sp³-hybridized carbons (Fsp3) is 0.250. The van der Waals surface area contributed by atoms with Crippen LogP contribution in [0.15, 0.2) is 18.2 Å². The van der Waals surface area contributed by atoms with Gasteiger partial charge in [-0.05, 0) is 18.2 Å². The van der Waals surface area contributed by atoms with Crippen LogP contribution in [0.2, 0.25) is 0 Å². The lowest BCUT2D eigenvalue weighted by atomic mass is 10.1. The fourth-order valence-electron chi connectivity index (χ4n) is 1.29. The lowest BCUT2D eigenvalue weighted by Crippen LogP contribution is -2.02. The molecule has 1 rings (SSSR count). The Hall–Kier alpha value is -1.66. The number of ether oxygens (including phenoxy) is 1. The van der Waals surface area contributed by atoms with Gasteiger partial charge < -0.3 is 9.84 Å². The van der Waals surface area contributed by atoms with Crippen LogP contribution in [-0.4, -0.2) is 24.1 Å². The molecule has 1 aromatic carbocycles. The number of rotatable bonds is 3. The molecule has 0 aliphatic carbocycles. The van der Waals surface area contributed by atoms with E-state index in [0.717, 1.165) is 5.56 Å². The van der Waals surface area contributed by atoms with E-state index < -0.39 is 5.97 Å². The standard InChI is InChI=1S/C12H11ClO3/c1-16-11-5-4-9(3-2-6-13)7-10(11)8-12(14)15/h4-5,7H,6,8H2,1H3,(H,14,15). The molecule has 4 heteroatoms. The number of carbonyl (C=O) groups is 1. The molecule has 0 saturated heterocycles. The number of carboxylic acid groups (broad SMARTS) is 1. The van der Waals surface area contributed by atoms with Crippen LogP contribution in [0.5, 0.6) is 5.75 Å². The Morgan fingerprint density at radius 3 is 2.88 bits per heavy atom. The molecule has 0 heterocycles. The first-order chi connectivity index (χ1) is 7.67. The topological polar surface area (TPSA) is 46.5 Å². The highest BCUT2D eigenvalue weighted by Gasteiger charge is 2.07. The molecule has 0 saturated carbocycles. The summed E-state index contributed by atoms with van der Waals surface area (Å²) >= 11 is 5.44. The first-order valence-electron chi connectivity index (χ1n) is 4.61. The average molecular weight is 239 g/mol. The Kier molecular flexibility index (Phi) is 4.68. The molecule has 84 valence electrons. The van der Waals surface area contributed by atoms with Crippen LogP contribution in [0.1, 0.15) is 11.1 Å². The van der Waals surface area contributed by atoms with E-state index in [1.54, 1.807) is 18.2 Å². The highest BCUT2D eigenvalue weighted by Crippen LogP contribution is 2.20. The van der Waals surface area contributed by atoms with E-state index in [1.807, 2.05) is 0 Å². The van der Waals surface area contributed by atoms with Gasteiger partial charge in [-0.15, -0.1) is 11.6 Å². The Labute approximate surface area is 99.0 Å². The highest BCUT2D eigenvalue weighted by atomic mass is 35.5. The molecule has 0 unspecified atom stereocenters. The molecule has 3 nitrogen and oxygen atoms in total. The third-order valence-corrected chi connectivity index (χ3v) is 2.06. The van der Waals surface area contributed by atoms with Crippen molar-refractivity contribution in [1.82, 2.24) is 0 Å². The summed E-state index contributed by atoms with van der Waals surface area (Å²) in [6.45, 7) is 0. The third kappa shape index (κ3) is 3.48. The van der Waals surface area contributed by atoms with Crippen LogP contribution in [0.3, 0.4) is 0 Å². The van der Waals surface area contributed by atoms with Gasteiger partial charge in [0.2, 0.25) is 0 Å². The van der Waals surface area contributed by atoms with E-state index >= 15 is 0 Å². The zero-order valence-electron chi connectivity index (χ0n) is 8.79. The van der Waals surface area contributed by atoms with Crippen LogP contribution < -0.4 is 4.74 Å². The molecular formula is C12H11ClO3. The molecule has 0 bridgehead atoms. The van der Waals surface area contributed by atoms with Gasteiger partial charge in [-0.2, -0.15) is 0 Å². The predicted octanol–water partition coefficient (Wildman–Crippen LogP) is 1.91. The molecule has 0 aliphatic rings. The van der Waals surface area contributed by atoms with Crippen LogP contribution in [0.4, 0.5) is 0 Å². The number of methoxy groups -OCH3 is 1. The smallest absolute Gasteiger partial charge is 0.307 e. The second kappa shape index (κ2) is 6.04. The summed E-state index contributed by atoms with van der Waals surface area (Å²) < 4.78 is 5.07. The minimum atomic E-state index is -0.902. The number of benzene rings is 1. The van der Waals surface area contributed by atoms with Crippen molar-refractivity contribution < 1.29 is 14.6 Å². The summed E-state index contributed by atoms with van der Waals surface area (Å²) in [5.74, 6) is 5.44. The van der Waals surface area contributed by atoms with Gasteiger partial charge in [-0.25, -0.2) is 0 Å². The van der Waals surface area contributed by atoms with Gasteiger partial charge in [-0.1, -0.05) is 11.8 Å². The lowest BCUT2D eigenvalue weighted by molar-refractivity contribution is -0.136. The maximum atomic E-state index is 10.6. The van der Waals surface area contributed by atoms with Crippen molar-refractivity contribution >= 4 is 17.6 Å². The lowest BCUT2D eigenvalue weighted by Gasteiger charge is -2.06. The summed E-state index contributed by atoms with van der Waals surface area (Å²) in [4.78, 5) is 10.6. The van der Waals surface area contributed by atoms with E-state index in [1.165, 1.54) is 7.11 Å². The average Bonchev–Trinajstić information content (AvgIpc) is 2.26. The minimum absolute atomic E-state index is 0.0838. The molecule has 0 spiro atoms. The van der Waals surface area contributed by atoms with E-state index in [4.69, 9.17) is 21.4 Å². The number of carboxylic acids is 1. The maximum absolute atomic E-state index is 10.6. The van der Waals surface area contributed by atoms with Crippen LogP contribution in [0.25, 0.3) is 0 Å². The Morgan fingerprint density at radius 1 is 1.56 bits per heavy atom. The minimum Gasteiger partial charge on any atom is -0.496 e.